The summed E-state index contributed by atoms with van der Waals surface area (Å²) in [6.07, 6.45) is 6.51. The predicted molar refractivity (Wildman–Crippen MR) is 105 cm³/mol. The molecule has 4 unspecified atom stereocenters. The van der Waals surface area contributed by atoms with Crippen molar-refractivity contribution in [2.45, 2.75) is 50.7 Å². The molecule has 0 aromatic heterocycles. The second-order valence-electron chi connectivity index (χ2n) is 9.53. The summed E-state index contributed by atoms with van der Waals surface area (Å²) in [6, 6.07) is 8.69. The van der Waals surface area contributed by atoms with Crippen molar-refractivity contribution in [2.24, 2.45) is 35.3 Å². The Labute approximate surface area is 162 Å². The van der Waals surface area contributed by atoms with E-state index in [0.717, 1.165) is 42.4 Å². The van der Waals surface area contributed by atoms with Crippen LogP contribution in [-0.2, 0) is 10.3 Å². The fourth-order valence-corrected chi connectivity index (χ4v) is 7.04. The van der Waals surface area contributed by atoms with E-state index in [4.69, 9.17) is 10.5 Å². The maximum atomic E-state index is 11.7. The standard InChI is InChI=1S/C23H32N2O2/c1-14-20-10-19(11-21(14)20)25-12-17-7-4-8-18(13-25)23(17,27-2)16-6-3-5-15(9-16)22(24)26/h3,5-6,9,14,17-21H,4,7-8,10-13H2,1-2H3,(H2,24,26). The topological polar surface area (TPSA) is 55.6 Å². The van der Waals surface area contributed by atoms with Crippen molar-refractivity contribution < 1.29 is 9.53 Å². The Morgan fingerprint density at radius 3 is 2.44 bits per heavy atom. The van der Waals surface area contributed by atoms with Gasteiger partial charge in [-0.15, -0.1) is 0 Å². The van der Waals surface area contributed by atoms with Crippen molar-refractivity contribution in [3.05, 3.63) is 35.4 Å². The number of hydrogen-bond acceptors (Lipinski definition) is 3. The number of piperidine rings is 1. The molecule has 5 rings (SSSR count). The third-order valence-corrected chi connectivity index (χ3v) is 8.53. The molecule has 3 saturated carbocycles. The maximum Gasteiger partial charge on any atom is 0.248 e. The van der Waals surface area contributed by atoms with Gasteiger partial charge in [0.1, 0.15) is 5.60 Å². The van der Waals surface area contributed by atoms with Crippen molar-refractivity contribution in [3.63, 3.8) is 0 Å². The number of nitrogens with two attached hydrogens (primary N) is 1. The number of ether oxygens (including phenoxy) is 1. The lowest BCUT2D eigenvalue weighted by atomic mass is 9.62. The molecule has 2 bridgehead atoms. The number of nitrogens with zero attached hydrogens (tertiary/aromatic N) is 1. The van der Waals surface area contributed by atoms with E-state index in [9.17, 15) is 4.79 Å². The SMILES string of the molecule is COC1(c2cccc(C(N)=O)c2)C2CCCC1CN(C1CC3C(C)C3C1)C2. The Hall–Kier alpha value is -1.39. The zero-order chi connectivity index (χ0) is 18.8. The van der Waals surface area contributed by atoms with E-state index in [1.54, 1.807) is 0 Å². The molecule has 4 atom stereocenters. The highest BCUT2D eigenvalue weighted by Gasteiger charge is 2.58. The van der Waals surface area contributed by atoms with Gasteiger partial charge in [0.15, 0.2) is 0 Å². The van der Waals surface area contributed by atoms with Gasteiger partial charge >= 0.3 is 0 Å². The van der Waals surface area contributed by atoms with Gasteiger partial charge in [-0.2, -0.15) is 0 Å². The van der Waals surface area contributed by atoms with Gasteiger partial charge in [0.2, 0.25) is 5.91 Å². The van der Waals surface area contributed by atoms with Crippen molar-refractivity contribution in [1.29, 1.82) is 0 Å². The van der Waals surface area contributed by atoms with Crippen molar-refractivity contribution in [3.8, 4) is 0 Å². The molecule has 4 heteroatoms. The van der Waals surface area contributed by atoms with E-state index < -0.39 is 0 Å². The molecular weight excluding hydrogens is 336 g/mol. The zero-order valence-electron chi connectivity index (χ0n) is 16.6. The lowest BCUT2D eigenvalue weighted by molar-refractivity contribution is -0.174. The second-order valence-corrected chi connectivity index (χ2v) is 9.53. The van der Waals surface area contributed by atoms with Crippen LogP contribution < -0.4 is 5.73 Å². The third-order valence-electron chi connectivity index (χ3n) is 8.53. The van der Waals surface area contributed by atoms with E-state index >= 15 is 0 Å². The second kappa shape index (κ2) is 6.31. The van der Waals surface area contributed by atoms with Gasteiger partial charge in [-0.1, -0.05) is 25.5 Å². The molecule has 4 aliphatic rings. The Balaban J connectivity index is 1.44. The van der Waals surface area contributed by atoms with E-state index in [1.807, 2.05) is 25.3 Å². The molecule has 27 heavy (non-hydrogen) atoms. The molecule has 1 amide bonds. The number of fused-ring (bicyclic) bond motifs is 3. The Morgan fingerprint density at radius 2 is 1.85 bits per heavy atom. The normalized spacial score (nSPS) is 43.3. The molecular formula is C23H32N2O2. The lowest BCUT2D eigenvalue weighted by Crippen LogP contribution is -2.60. The summed E-state index contributed by atoms with van der Waals surface area (Å²) >= 11 is 0. The van der Waals surface area contributed by atoms with E-state index in [2.05, 4.69) is 17.9 Å². The van der Waals surface area contributed by atoms with Crippen LogP contribution in [0.2, 0.25) is 0 Å². The summed E-state index contributed by atoms with van der Waals surface area (Å²) in [6.45, 7) is 4.69. The molecule has 146 valence electrons. The lowest BCUT2D eigenvalue weighted by Gasteiger charge is -2.56. The van der Waals surface area contributed by atoms with Crippen LogP contribution in [0.1, 0.15) is 54.9 Å². The number of benzene rings is 1. The zero-order valence-corrected chi connectivity index (χ0v) is 16.6. The molecule has 1 aromatic carbocycles. The molecule has 3 aliphatic carbocycles. The van der Waals surface area contributed by atoms with Crippen LogP contribution >= 0.6 is 0 Å². The molecule has 0 spiro atoms. The molecule has 2 N–H and O–H groups in total. The molecule has 1 aliphatic heterocycles. The van der Waals surface area contributed by atoms with Gasteiger partial charge in [0.05, 0.1) is 0 Å². The molecule has 4 nitrogen and oxygen atoms in total. The van der Waals surface area contributed by atoms with Crippen LogP contribution in [0.5, 0.6) is 0 Å². The number of methoxy groups -OCH3 is 1. The van der Waals surface area contributed by atoms with Gasteiger partial charge in [-0.25, -0.2) is 0 Å². The summed E-state index contributed by atoms with van der Waals surface area (Å²) in [5, 5.41) is 0. The number of likely N-dealkylation sites (tertiary alicyclic amines) is 1. The molecule has 1 heterocycles. The number of rotatable bonds is 4. The average molecular weight is 369 g/mol. The molecule has 1 saturated heterocycles. The minimum absolute atomic E-state index is 0.269. The van der Waals surface area contributed by atoms with Gasteiger partial charge in [-0.05, 0) is 61.1 Å². The quantitative estimate of drug-likeness (QED) is 0.886. The summed E-state index contributed by atoms with van der Waals surface area (Å²) in [4.78, 5) is 14.5. The summed E-state index contributed by atoms with van der Waals surface area (Å²) < 4.78 is 6.35. The van der Waals surface area contributed by atoms with Crippen LogP contribution in [0.25, 0.3) is 0 Å². The first-order chi connectivity index (χ1) is 13.0. The highest BCUT2D eigenvalue weighted by atomic mass is 16.5. The average Bonchev–Trinajstić information content (AvgIpc) is 3.06. The number of amides is 1. The fourth-order valence-electron chi connectivity index (χ4n) is 7.04. The van der Waals surface area contributed by atoms with Crippen LogP contribution in [0.3, 0.4) is 0 Å². The number of hydrogen-bond donors (Lipinski definition) is 1. The van der Waals surface area contributed by atoms with E-state index in [1.165, 1.54) is 32.1 Å². The minimum Gasteiger partial charge on any atom is -0.373 e. The number of carbonyl (C=O) groups is 1. The van der Waals surface area contributed by atoms with Crippen LogP contribution in [0, 0.1) is 29.6 Å². The first kappa shape index (κ1) is 17.7. The number of primary amides is 1. The maximum absolute atomic E-state index is 11.7. The number of carbonyl (C=O) groups excluding carboxylic acids is 1. The van der Waals surface area contributed by atoms with E-state index in [0.29, 0.717) is 17.4 Å². The minimum atomic E-state index is -0.356. The predicted octanol–water partition coefficient (Wildman–Crippen LogP) is 3.40. The fraction of sp³-hybridized carbons (Fsp3) is 0.696. The van der Waals surface area contributed by atoms with Gasteiger partial charge < -0.3 is 10.5 Å². The Bertz CT molecular complexity index is 722. The summed E-state index contributed by atoms with van der Waals surface area (Å²) in [5.74, 6) is 3.59. The Morgan fingerprint density at radius 1 is 1.19 bits per heavy atom. The van der Waals surface area contributed by atoms with Crippen LogP contribution in [0.15, 0.2) is 24.3 Å². The molecule has 1 aromatic rings. The van der Waals surface area contributed by atoms with Crippen molar-refractivity contribution in [2.75, 3.05) is 20.2 Å². The molecule has 4 fully saturated rings. The van der Waals surface area contributed by atoms with Gasteiger partial charge in [-0.3, -0.25) is 9.69 Å². The summed E-state index contributed by atoms with van der Waals surface area (Å²) in [7, 11) is 1.87. The highest BCUT2D eigenvalue weighted by molar-refractivity contribution is 5.92. The molecule has 0 radical (unpaired) electrons. The van der Waals surface area contributed by atoms with Crippen molar-refractivity contribution in [1.82, 2.24) is 4.90 Å². The van der Waals surface area contributed by atoms with Crippen molar-refractivity contribution >= 4 is 5.91 Å². The monoisotopic (exact) mass is 368 g/mol. The largest absolute Gasteiger partial charge is 0.373 e. The van der Waals surface area contributed by atoms with Gasteiger partial charge in [0.25, 0.3) is 0 Å². The van der Waals surface area contributed by atoms with Gasteiger partial charge in [0, 0.05) is 43.6 Å². The Kier molecular flexibility index (Phi) is 4.14. The smallest absolute Gasteiger partial charge is 0.248 e. The third kappa shape index (κ3) is 2.60. The van der Waals surface area contributed by atoms with Crippen LogP contribution in [0.4, 0.5) is 0 Å². The van der Waals surface area contributed by atoms with E-state index in [-0.39, 0.29) is 11.5 Å². The highest BCUT2D eigenvalue weighted by Crippen LogP contribution is 2.59. The first-order valence-corrected chi connectivity index (χ1v) is 10.7. The first-order valence-electron chi connectivity index (χ1n) is 10.7. The summed E-state index contributed by atoms with van der Waals surface area (Å²) in [5.41, 5.74) is 7.03. The van der Waals surface area contributed by atoms with Crippen LogP contribution in [-0.4, -0.2) is 37.0 Å².